The summed E-state index contributed by atoms with van der Waals surface area (Å²) in [6.07, 6.45) is 20.0. The van der Waals surface area contributed by atoms with Crippen LogP contribution in [0.3, 0.4) is 0 Å². The molecule has 212 valence electrons. The molecule has 0 aromatic rings. The molecular formula is C29H66Cl2N2O. The van der Waals surface area contributed by atoms with Gasteiger partial charge in [-0.2, -0.15) is 4.65 Å². The van der Waals surface area contributed by atoms with Crippen LogP contribution in [0.15, 0.2) is 0 Å². The third kappa shape index (κ3) is 25.5. The van der Waals surface area contributed by atoms with E-state index in [0.29, 0.717) is 6.10 Å². The van der Waals surface area contributed by atoms with Gasteiger partial charge in [0.05, 0.1) is 33.7 Å². The number of hydrogen-bond donors (Lipinski definition) is 0. The van der Waals surface area contributed by atoms with Gasteiger partial charge in [-0.25, -0.2) is 4.84 Å². The maximum atomic E-state index is 6.17. The third-order valence-corrected chi connectivity index (χ3v) is 7.53. The molecule has 0 N–H and O–H groups in total. The normalized spacial score (nSPS) is 12.3. The highest BCUT2D eigenvalue weighted by molar-refractivity contribution is 4.52. The summed E-state index contributed by atoms with van der Waals surface area (Å²) in [4.78, 5) is 6.17. The van der Waals surface area contributed by atoms with E-state index >= 15 is 0 Å². The van der Waals surface area contributed by atoms with E-state index in [1.54, 1.807) is 0 Å². The predicted octanol–water partition coefficient (Wildman–Crippen LogP) is 2.77. The molecule has 0 saturated heterocycles. The summed E-state index contributed by atoms with van der Waals surface area (Å²) in [7, 11) is 4.52. The van der Waals surface area contributed by atoms with Gasteiger partial charge in [0.25, 0.3) is 0 Å². The van der Waals surface area contributed by atoms with Crippen molar-refractivity contribution in [3.05, 3.63) is 0 Å². The summed E-state index contributed by atoms with van der Waals surface area (Å²) in [5, 5.41) is 0. The molecule has 3 nitrogen and oxygen atoms in total. The number of nitrogens with zero attached hydrogens (tertiary/aromatic N) is 2. The highest BCUT2D eigenvalue weighted by atomic mass is 35.5. The first-order valence-electron chi connectivity index (χ1n) is 14.6. The third-order valence-electron chi connectivity index (χ3n) is 7.53. The summed E-state index contributed by atoms with van der Waals surface area (Å²) in [5.41, 5.74) is 0. The Hall–Kier alpha value is 0.460. The molecule has 0 amide bonds. The van der Waals surface area contributed by atoms with Crippen LogP contribution in [0.1, 0.15) is 138 Å². The van der Waals surface area contributed by atoms with Gasteiger partial charge >= 0.3 is 0 Å². The van der Waals surface area contributed by atoms with Crippen LogP contribution in [0.5, 0.6) is 0 Å². The Balaban J connectivity index is -0.000000348. The van der Waals surface area contributed by atoms with E-state index in [-0.39, 0.29) is 24.8 Å². The molecule has 0 aliphatic carbocycles. The van der Waals surface area contributed by atoms with Crippen LogP contribution in [-0.2, 0) is 4.84 Å². The average Bonchev–Trinajstić information content (AvgIpc) is 2.80. The van der Waals surface area contributed by atoms with Crippen molar-refractivity contribution in [3.8, 4) is 0 Å². The molecule has 0 bridgehead atoms. The predicted molar refractivity (Wildman–Crippen MR) is 146 cm³/mol. The lowest BCUT2D eigenvalue weighted by Gasteiger charge is -2.31. The van der Waals surface area contributed by atoms with E-state index < -0.39 is 0 Å². The maximum absolute atomic E-state index is 6.17. The Morgan fingerprint density at radius 2 is 0.912 bits per heavy atom. The Kier molecular flexibility index (Phi) is 34.3. The molecule has 34 heavy (non-hydrogen) atoms. The fourth-order valence-electron chi connectivity index (χ4n) is 4.21. The molecule has 1 atom stereocenters. The minimum atomic E-state index is 0. The molecule has 0 spiro atoms. The van der Waals surface area contributed by atoms with Crippen LogP contribution in [0, 0.1) is 0 Å². The van der Waals surface area contributed by atoms with Crippen molar-refractivity contribution in [2.24, 2.45) is 0 Å². The number of halogens is 2. The van der Waals surface area contributed by atoms with Crippen molar-refractivity contribution in [3.63, 3.8) is 0 Å². The first-order chi connectivity index (χ1) is 15.3. The lowest BCUT2D eigenvalue weighted by atomic mass is 10.0. The van der Waals surface area contributed by atoms with E-state index in [4.69, 9.17) is 4.84 Å². The molecule has 0 radical (unpaired) electrons. The van der Waals surface area contributed by atoms with Gasteiger partial charge in [0.2, 0.25) is 0 Å². The number of rotatable bonds is 21. The quantitative estimate of drug-likeness (QED) is 0.126. The van der Waals surface area contributed by atoms with E-state index in [2.05, 4.69) is 62.6 Å². The minimum Gasteiger partial charge on any atom is -1.00 e. The zero-order valence-electron chi connectivity index (χ0n) is 25.1. The van der Waals surface area contributed by atoms with Crippen molar-refractivity contribution >= 4 is 0 Å². The molecule has 0 aromatic carbocycles. The largest absolute Gasteiger partial charge is 1.00 e. The van der Waals surface area contributed by atoms with Gasteiger partial charge in [0.1, 0.15) is 19.2 Å². The van der Waals surface area contributed by atoms with Gasteiger partial charge in [-0.3, -0.25) is 0 Å². The topological polar surface area (TPSA) is 9.23 Å². The van der Waals surface area contributed by atoms with Crippen molar-refractivity contribution in [2.75, 3.05) is 46.8 Å². The molecule has 1 unspecified atom stereocenters. The highest BCUT2D eigenvalue weighted by Crippen LogP contribution is 2.15. The van der Waals surface area contributed by atoms with Crippen molar-refractivity contribution in [1.82, 2.24) is 0 Å². The second-order valence-electron chi connectivity index (χ2n) is 10.5. The van der Waals surface area contributed by atoms with Crippen LogP contribution < -0.4 is 24.8 Å². The Labute approximate surface area is 229 Å². The van der Waals surface area contributed by atoms with Gasteiger partial charge in [-0.05, 0) is 47.5 Å². The molecule has 0 rings (SSSR count). The van der Waals surface area contributed by atoms with Crippen LogP contribution in [0.4, 0.5) is 0 Å². The zero-order chi connectivity index (χ0) is 24.7. The smallest absolute Gasteiger partial charge is 0.114 e. The number of hydroxylamine groups is 3. The van der Waals surface area contributed by atoms with Gasteiger partial charge in [0, 0.05) is 0 Å². The van der Waals surface area contributed by atoms with Crippen LogP contribution >= 0.6 is 0 Å². The average molecular weight is 530 g/mol. The van der Waals surface area contributed by atoms with E-state index in [0.717, 1.165) is 17.7 Å². The molecule has 0 aromatic heterocycles. The molecule has 0 aliphatic rings. The first kappa shape index (κ1) is 41.6. The molecule has 5 heteroatoms. The lowest BCUT2D eigenvalue weighted by molar-refractivity contribution is -1.09. The summed E-state index contributed by atoms with van der Waals surface area (Å²) in [5.74, 6) is 0. The Morgan fingerprint density at radius 3 is 1.21 bits per heavy atom. The lowest BCUT2D eigenvalue weighted by Crippen LogP contribution is -3.00. The standard InChI is InChI=1S/C21H46NO.C8H20N.2ClH/c1-6-9-10-11-12-13-14-15-16-17-18-19-20-21(4)23-22(5,7-2)8-3;1-5-8-9(4,6-2)7-3;;/h21H,6-20H2,1-5H3;5-8H2,1-4H3;2*1H/q2*+1;;/p-2. The second kappa shape index (κ2) is 28.0. The number of quaternary nitrogens is 2. The van der Waals surface area contributed by atoms with E-state index in [1.807, 2.05) is 0 Å². The second-order valence-corrected chi connectivity index (χ2v) is 10.5. The Bertz CT molecular complexity index is 375. The van der Waals surface area contributed by atoms with Crippen molar-refractivity contribution < 1.29 is 38.8 Å². The van der Waals surface area contributed by atoms with Gasteiger partial charge in [0.15, 0.2) is 0 Å². The fraction of sp³-hybridized carbons (Fsp3) is 1.00. The molecular weight excluding hydrogens is 463 g/mol. The zero-order valence-corrected chi connectivity index (χ0v) is 26.6. The number of unbranched alkanes of at least 4 members (excludes halogenated alkanes) is 11. The summed E-state index contributed by atoms with van der Waals surface area (Å²) < 4.78 is 1.98. The summed E-state index contributed by atoms with van der Waals surface area (Å²) in [6.45, 7) is 21.7. The number of hydrogen-bond acceptors (Lipinski definition) is 1. The molecule has 0 heterocycles. The molecule has 0 aliphatic heterocycles. The summed E-state index contributed by atoms with van der Waals surface area (Å²) in [6, 6.07) is 0. The molecule has 0 saturated carbocycles. The van der Waals surface area contributed by atoms with E-state index in [9.17, 15) is 0 Å². The van der Waals surface area contributed by atoms with E-state index in [1.165, 1.54) is 114 Å². The SMILES string of the molecule is CCCCCCCCCCCCCCC(C)O[N+](C)(CC)CC.CCC[N+](C)(CC)CC.[Cl-].[Cl-]. The minimum absolute atomic E-state index is 0. The van der Waals surface area contributed by atoms with Crippen LogP contribution in [0.2, 0.25) is 0 Å². The first-order valence-corrected chi connectivity index (χ1v) is 14.6. The molecule has 0 fully saturated rings. The van der Waals surface area contributed by atoms with Crippen LogP contribution in [0.25, 0.3) is 0 Å². The maximum Gasteiger partial charge on any atom is 0.114 e. The van der Waals surface area contributed by atoms with Crippen molar-refractivity contribution in [1.29, 1.82) is 0 Å². The van der Waals surface area contributed by atoms with Gasteiger partial charge < -0.3 is 29.3 Å². The summed E-state index contributed by atoms with van der Waals surface area (Å²) >= 11 is 0. The van der Waals surface area contributed by atoms with Gasteiger partial charge in [-0.15, -0.1) is 0 Å². The van der Waals surface area contributed by atoms with Crippen LogP contribution in [-0.4, -0.2) is 62.1 Å². The van der Waals surface area contributed by atoms with Gasteiger partial charge in [-0.1, -0.05) is 90.9 Å². The fourth-order valence-corrected chi connectivity index (χ4v) is 4.21. The highest BCUT2D eigenvalue weighted by Gasteiger charge is 2.21. The monoisotopic (exact) mass is 528 g/mol. The Morgan fingerprint density at radius 1 is 0.529 bits per heavy atom. The van der Waals surface area contributed by atoms with Crippen molar-refractivity contribution in [2.45, 2.75) is 144 Å².